The molecular formula is C15H20N4O2S. The van der Waals surface area contributed by atoms with Crippen LogP contribution in [-0.2, 0) is 10.8 Å². The van der Waals surface area contributed by atoms with E-state index in [1.165, 1.54) is 4.90 Å². The predicted octanol–water partition coefficient (Wildman–Crippen LogP) is 2.10. The summed E-state index contributed by atoms with van der Waals surface area (Å²) in [6.45, 7) is 1.86. The summed E-state index contributed by atoms with van der Waals surface area (Å²) in [6, 6.07) is 11.0. The van der Waals surface area contributed by atoms with E-state index < -0.39 is 10.8 Å². The second kappa shape index (κ2) is 7.22. The zero-order chi connectivity index (χ0) is 16.1. The Labute approximate surface area is 132 Å². The lowest BCUT2D eigenvalue weighted by Gasteiger charge is -2.23. The minimum Gasteiger partial charge on any atom is -0.324 e. The van der Waals surface area contributed by atoms with Gasteiger partial charge in [-0.25, -0.2) is 9.48 Å². The van der Waals surface area contributed by atoms with Crippen molar-refractivity contribution in [2.24, 2.45) is 0 Å². The van der Waals surface area contributed by atoms with Crippen molar-refractivity contribution in [3.63, 3.8) is 0 Å². The maximum Gasteiger partial charge on any atom is 0.323 e. The second-order valence-corrected chi connectivity index (χ2v) is 6.59. The van der Waals surface area contributed by atoms with Crippen molar-refractivity contribution in [2.45, 2.75) is 13.0 Å². The van der Waals surface area contributed by atoms with Gasteiger partial charge in [0.15, 0.2) is 5.82 Å². The molecule has 2 rings (SSSR count). The summed E-state index contributed by atoms with van der Waals surface area (Å²) in [4.78, 5) is 13.7. The quantitative estimate of drug-likeness (QED) is 0.917. The van der Waals surface area contributed by atoms with E-state index in [4.69, 9.17) is 0 Å². The van der Waals surface area contributed by atoms with Gasteiger partial charge in [-0.2, -0.15) is 0 Å². The standard InChI is InChI=1S/C15H20N4O2S/c1-12(11-22(3)21)18(2)15(20)16-14-9-10-19(17-14)13-7-5-4-6-8-13/h4-10,12H,11H2,1-3H3,(H,16,17,20)/t12-,22+/m1/s1. The molecule has 1 N–H and O–H groups in total. The molecule has 2 aromatic rings. The number of para-hydroxylation sites is 1. The van der Waals surface area contributed by atoms with Crippen LogP contribution in [-0.4, -0.2) is 50.0 Å². The number of benzene rings is 1. The molecule has 2 amide bonds. The Morgan fingerprint density at radius 3 is 2.68 bits per heavy atom. The number of carbonyl (C=O) groups excluding carboxylic acids is 1. The summed E-state index contributed by atoms with van der Waals surface area (Å²) in [7, 11) is 0.740. The van der Waals surface area contributed by atoms with Gasteiger partial charge in [-0.05, 0) is 19.1 Å². The van der Waals surface area contributed by atoms with E-state index in [2.05, 4.69) is 10.4 Å². The number of nitrogens with zero attached hydrogens (tertiary/aromatic N) is 3. The number of hydrogen-bond acceptors (Lipinski definition) is 3. The van der Waals surface area contributed by atoms with Gasteiger partial charge in [-0.3, -0.25) is 9.53 Å². The van der Waals surface area contributed by atoms with Gasteiger partial charge in [0, 0.05) is 48.2 Å². The van der Waals surface area contributed by atoms with Gasteiger partial charge in [0.1, 0.15) is 0 Å². The smallest absolute Gasteiger partial charge is 0.323 e. The number of anilines is 1. The van der Waals surface area contributed by atoms with E-state index in [-0.39, 0.29) is 12.1 Å². The van der Waals surface area contributed by atoms with Gasteiger partial charge in [-0.15, -0.1) is 5.10 Å². The van der Waals surface area contributed by atoms with Crippen LogP contribution in [0.25, 0.3) is 5.69 Å². The minimum atomic E-state index is -0.941. The summed E-state index contributed by atoms with van der Waals surface area (Å²) in [6.07, 6.45) is 3.42. The molecule has 0 fully saturated rings. The minimum absolute atomic E-state index is 0.109. The van der Waals surface area contributed by atoms with Crippen molar-refractivity contribution in [3.05, 3.63) is 42.6 Å². The van der Waals surface area contributed by atoms with Crippen LogP contribution in [0.3, 0.4) is 0 Å². The zero-order valence-electron chi connectivity index (χ0n) is 12.9. The Balaban J connectivity index is 2.01. The number of nitrogens with one attached hydrogen (secondary N) is 1. The Morgan fingerprint density at radius 1 is 1.36 bits per heavy atom. The van der Waals surface area contributed by atoms with Gasteiger partial charge in [0.25, 0.3) is 0 Å². The van der Waals surface area contributed by atoms with Crippen molar-refractivity contribution in [3.8, 4) is 5.69 Å². The van der Waals surface area contributed by atoms with Gasteiger partial charge >= 0.3 is 6.03 Å². The van der Waals surface area contributed by atoms with Crippen LogP contribution in [0.1, 0.15) is 6.92 Å². The van der Waals surface area contributed by atoms with E-state index >= 15 is 0 Å². The molecule has 0 spiro atoms. The molecule has 0 aliphatic heterocycles. The fraction of sp³-hybridized carbons (Fsp3) is 0.333. The molecule has 0 aliphatic rings. The van der Waals surface area contributed by atoms with E-state index in [0.29, 0.717) is 11.6 Å². The largest absolute Gasteiger partial charge is 0.324 e. The third-order valence-corrected chi connectivity index (χ3v) is 4.25. The van der Waals surface area contributed by atoms with Gasteiger partial charge in [0.05, 0.1) is 5.69 Å². The normalized spacial score (nSPS) is 13.4. The number of hydrogen-bond donors (Lipinski definition) is 1. The molecule has 0 radical (unpaired) electrons. The lowest BCUT2D eigenvalue weighted by atomic mass is 10.3. The average Bonchev–Trinajstić information content (AvgIpc) is 2.95. The number of aromatic nitrogens is 2. The van der Waals surface area contributed by atoms with Crippen molar-refractivity contribution in [2.75, 3.05) is 24.4 Å². The molecule has 22 heavy (non-hydrogen) atoms. The number of urea groups is 1. The molecule has 2 atom stereocenters. The predicted molar refractivity (Wildman–Crippen MR) is 88.7 cm³/mol. The van der Waals surface area contributed by atoms with Crippen LogP contribution in [0, 0.1) is 0 Å². The molecule has 6 nitrogen and oxygen atoms in total. The van der Waals surface area contributed by atoms with Crippen molar-refractivity contribution < 1.29 is 9.00 Å². The van der Waals surface area contributed by atoms with Crippen LogP contribution < -0.4 is 5.32 Å². The first-order chi connectivity index (χ1) is 10.5. The molecule has 0 saturated carbocycles. The highest BCUT2D eigenvalue weighted by molar-refractivity contribution is 7.84. The third-order valence-electron chi connectivity index (χ3n) is 3.30. The highest BCUT2D eigenvalue weighted by Crippen LogP contribution is 2.11. The van der Waals surface area contributed by atoms with E-state index in [1.54, 1.807) is 30.2 Å². The Kier molecular flexibility index (Phi) is 5.32. The zero-order valence-corrected chi connectivity index (χ0v) is 13.7. The Morgan fingerprint density at radius 2 is 2.05 bits per heavy atom. The number of amides is 2. The summed E-state index contributed by atoms with van der Waals surface area (Å²) in [5.41, 5.74) is 0.922. The first-order valence-corrected chi connectivity index (χ1v) is 8.65. The lowest BCUT2D eigenvalue weighted by molar-refractivity contribution is 0.212. The molecule has 1 heterocycles. The molecule has 118 valence electrons. The van der Waals surface area contributed by atoms with Crippen molar-refractivity contribution in [1.29, 1.82) is 0 Å². The molecule has 1 aromatic heterocycles. The highest BCUT2D eigenvalue weighted by Gasteiger charge is 2.17. The number of rotatable bonds is 5. The SMILES string of the molecule is C[C@H](C[S@](C)=O)N(C)C(=O)Nc1ccn(-c2ccccc2)n1. The average molecular weight is 320 g/mol. The highest BCUT2D eigenvalue weighted by atomic mass is 32.2. The third kappa shape index (κ3) is 4.17. The number of carbonyl (C=O) groups is 1. The van der Waals surface area contributed by atoms with Gasteiger partial charge < -0.3 is 4.90 Å². The van der Waals surface area contributed by atoms with Gasteiger partial charge in [-0.1, -0.05) is 18.2 Å². The topological polar surface area (TPSA) is 67.2 Å². The first kappa shape index (κ1) is 16.2. The Bertz CT molecular complexity index is 657. The van der Waals surface area contributed by atoms with Crippen molar-refractivity contribution in [1.82, 2.24) is 14.7 Å². The van der Waals surface area contributed by atoms with Crippen LogP contribution in [0.15, 0.2) is 42.6 Å². The van der Waals surface area contributed by atoms with Crippen LogP contribution in [0.2, 0.25) is 0 Å². The molecule has 0 bridgehead atoms. The lowest BCUT2D eigenvalue weighted by Crippen LogP contribution is -2.41. The van der Waals surface area contributed by atoms with Crippen LogP contribution >= 0.6 is 0 Å². The van der Waals surface area contributed by atoms with Crippen LogP contribution in [0.5, 0.6) is 0 Å². The maximum absolute atomic E-state index is 12.1. The van der Waals surface area contributed by atoms with E-state index in [9.17, 15) is 9.00 Å². The first-order valence-electron chi connectivity index (χ1n) is 6.92. The van der Waals surface area contributed by atoms with E-state index in [0.717, 1.165) is 5.69 Å². The molecule has 0 saturated heterocycles. The summed E-state index contributed by atoms with van der Waals surface area (Å²) < 4.78 is 12.9. The summed E-state index contributed by atoms with van der Waals surface area (Å²) in [5.74, 6) is 0.924. The monoisotopic (exact) mass is 320 g/mol. The van der Waals surface area contributed by atoms with Crippen LogP contribution in [0.4, 0.5) is 10.6 Å². The van der Waals surface area contributed by atoms with Crippen molar-refractivity contribution >= 4 is 22.6 Å². The fourth-order valence-corrected chi connectivity index (χ4v) is 2.87. The molecule has 0 aliphatic carbocycles. The fourth-order valence-electron chi connectivity index (χ4n) is 1.96. The molecular weight excluding hydrogens is 300 g/mol. The van der Waals surface area contributed by atoms with Gasteiger partial charge in [0.2, 0.25) is 0 Å². The maximum atomic E-state index is 12.1. The molecule has 7 heteroatoms. The molecule has 0 unspecified atom stereocenters. The van der Waals surface area contributed by atoms with E-state index in [1.807, 2.05) is 37.3 Å². The summed E-state index contributed by atoms with van der Waals surface area (Å²) in [5, 5.41) is 7.06. The Hall–Kier alpha value is -2.15. The molecule has 1 aromatic carbocycles. The second-order valence-electron chi connectivity index (χ2n) is 5.11. The summed E-state index contributed by atoms with van der Waals surface area (Å²) >= 11 is 0.